The lowest BCUT2D eigenvalue weighted by Gasteiger charge is -2.21. The third-order valence-corrected chi connectivity index (χ3v) is 6.95. The van der Waals surface area contributed by atoms with Crippen LogP contribution in [0.1, 0.15) is 25.0 Å². The van der Waals surface area contributed by atoms with Crippen LogP contribution >= 0.6 is 0 Å². The van der Waals surface area contributed by atoms with Crippen molar-refractivity contribution in [1.82, 2.24) is 4.31 Å². The van der Waals surface area contributed by atoms with Crippen LogP contribution < -0.4 is 10.2 Å². The van der Waals surface area contributed by atoms with Crippen molar-refractivity contribution < 1.29 is 31.2 Å². The van der Waals surface area contributed by atoms with Gasteiger partial charge in [-0.15, -0.1) is 0 Å². The molecule has 0 saturated heterocycles. The number of carbonyl (C=O) groups excluding carboxylic acids is 2. The number of nitrogens with one attached hydrogen (secondary N) is 1. The monoisotopic (exact) mass is 469 g/mol. The maximum atomic E-state index is 12.9. The van der Waals surface area contributed by atoms with Gasteiger partial charge in [0.2, 0.25) is 21.8 Å². The van der Waals surface area contributed by atoms with Crippen LogP contribution in [0.25, 0.3) is 0 Å². The zero-order valence-electron chi connectivity index (χ0n) is 17.6. The molecule has 1 heterocycles. The first-order valence-electron chi connectivity index (χ1n) is 9.67. The topological polar surface area (TPSA) is 86.8 Å². The Labute approximate surface area is 183 Å². The third-order valence-electron chi connectivity index (χ3n) is 5.15. The van der Waals surface area contributed by atoms with Crippen LogP contribution in [0.4, 0.5) is 24.5 Å². The Morgan fingerprint density at radius 2 is 1.88 bits per heavy atom. The lowest BCUT2D eigenvalue weighted by Crippen LogP contribution is -2.35. The molecule has 11 heteroatoms. The Kier molecular flexibility index (Phi) is 6.34. The Morgan fingerprint density at radius 3 is 2.50 bits per heavy atom. The summed E-state index contributed by atoms with van der Waals surface area (Å²) in [6.07, 6.45) is -4.07. The van der Waals surface area contributed by atoms with E-state index in [0.29, 0.717) is 17.7 Å². The molecule has 0 aliphatic carbocycles. The van der Waals surface area contributed by atoms with Crippen LogP contribution in [0.3, 0.4) is 0 Å². The molecule has 1 aliphatic heterocycles. The Hall–Kier alpha value is -2.92. The van der Waals surface area contributed by atoms with Crippen molar-refractivity contribution in [3.05, 3.63) is 53.6 Å². The highest BCUT2D eigenvalue weighted by molar-refractivity contribution is 7.89. The number of rotatable bonds is 5. The van der Waals surface area contributed by atoms with Gasteiger partial charge in [0.25, 0.3) is 0 Å². The van der Waals surface area contributed by atoms with Crippen molar-refractivity contribution >= 4 is 33.2 Å². The Balaban J connectivity index is 1.74. The van der Waals surface area contributed by atoms with Gasteiger partial charge in [-0.2, -0.15) is 17.5 Å². The summed E-state index contributed by atoms with van der Waals surface area (Å²) in [6.45, 7) is 2.71. The second kappa shape index (κ2) is 8.55. The number of amides is 2. The summed E-state index contributed by atoms with van der Waals surface area (Å²) in [6, 6.07) is 8.37. The summed E-state index contributed by atoms with van der Waals surface area (Å²) in [7, 11) is -2.84. The molecule has 0 spiro atoms. The summed E-state index contributed by atoms with van der Waals surface area (Å²) >= 11 is 0. The largest absolute Gasteiger partial charge is 0.416 e. The van der Waals surface area contributed by atoms with E-state index in [0.717, 1.165) is 22.5 Å². The van der Waals surface area contributed by atoms with Gasteiger partial charge in [0.05, 0.1) is 17.0 Å². The van der Waals surface area contributed by atoms with E-state index in [2.05, 4.69) is 5.32 Å². The molecule has 32 heavy (non-hydrogen) atoms. The van der Waals surface area contributed by atoms with Crippen LogP contribution in [-0.4, -0.2) is 44.2 Å². The van der Waals surface area contributed by atoms with Gasteiger partial charge in [-0.1, -0.05) is 6.07 Å². The zero-order valence-corrected chi connectivity index (χ0v) is 18.4. The molecular weight excluding hydrogens is 447 g/mol. The summed E-state index contributed by atoms with van der Waals surface area (Å²) < 4.78 is 65.1. The molecule has 0 fully saturated rings. The number of likely N-dealkylation sites (N-methyl/N-ethyl adjacent to an activating group) is 1. The normalized spacial score (nSPS) is 16.2. The van der Waals surface area contributed by atoms with E-state index >= 15 is 0 Å². The van der Waals surface area contributed by atoms with Gasteiger partial charge in [0, 0.05) is 31.4 Å². The fraction of sp³-hybridized carbons (Fsp3) is 0.333. The van der Waals surface area contributed by atoms with E-state index in [-0.39, 0.29) is 22.5 Å². The summed E-state index contributed by atoms with van der Waals surface area (Å²) in [4.78, 5) is 25.7. The molecule has 1 N–H and O–H groups in total. The zero-order chi connectivity index (χ0) is 23.8. The van der Waals surface area contributed by atoms with E-state index < -0.39 is 34.2 Å². The summed E-state index contributed by atoms with van der Waals surface area (Å²) in [5.41, 5.74) is 0.333. The van der Waals surface area contributed by atoms with Crippen molar-refractivity contribution in [2.45, 2.75) is 37.4 Å². The fourth-order valence-corrected chi connectivity index (χ4v) is 4.87. The highest BCUT2D eigenvalue weighted by Crippen LogP contribution is 2.34. The van der Waals surface area contributed by atoms with Crippen molar-refractivity contribution in [2.24, 2.45) is 0 Å². The second-order valence-corrected chi connectivity index (χ2v) is 9.67. The average molecular weight is 469 g/mol. The highest BCUT2D eigenvalue weighted by atomic mass is 32.2. The van der Waals surface area contributed by atoms with Crippen LogP contribution in [0.15, 0.2) is 47.4 Å². The molecule has 1 atom stereocenters. The van der Waals surface area contributed by atoms with Crippen LogP contribution in [0, 0.1) is 0 Å². The molecule has 172 valence electrons. The first-order chi connectivity index (χ1) is 14.8. The second-order valence-electron chi connectivity index (χ2n) is 7.62. The van der Waals surface area contributed by atoms with Gasteiger partial charge < -0.3 is 10.2 Å². The molecule has 0 radical (unpaired) electrons. The molecule has 2 aromatic carbocycles. The number of halogens is 3. The molecule has 3 rings (SSSR count). The highest BCUT2D eigenvalue weighted by Gasteiger charge is 2.32. The maximum Gasteiger partial charge on any atom is 0.416 e. The van der Waals surface area contributed by atoms with Crippen molar-refractivity contribution in [1.29, 1.82) is 0 Å². The Bertz CT molecular complexity index is 1170. The van der Waals surface area contributed by atoms with Crippen LogP contribution in [0.5, 0.6) is 0 Å². The van der Waals surface area contributed by atoms with Crippen molar-refractivity contribution in [2.75, 3.05) is 23.8 Å². The number of alkyl halides is 3. The average Bonchev–Trinajstić information content (AvgIpc) is 3.02. The van der Waals surface area contributed by atoms with Gasteiger partial charge in [-0.3, -0.25) is 9.59 Å². The molecule has 1 aliphatic rings. The van der Waals surface area contributed by atoms with E-state index in [1.807, 2.05) is 6.92 Å². The maximum absolute atomic E-state index is 12.9. The van der Waals surface area contributed by atoms with E-state index in [1.165, 1.54) is 32.2 Å². The molecule has 0 aromatic heterocycles. The number of fused-ring (bicyclic) bond motifs is 1. The first-order valence-corrected chi connectivity index (χ1v) is 11.1. The van der Waals surface area contributed by atoms with E-state index in [1.54, 1.807) is 11.0 Å². The predicted molar refractivity (Wildman–Crippen MR) is 113 cm³/mol. The third kappa shape index (κ3) is 4.78. The summed E-state index contributed by atoms with van der Waals surface area (Å²) in [5, 5.41) is 2.29. The van der Waals surface area contributed by atoms with Gasteiger partial charge in [0.1, 0.15) is 0 Å². The number of hydrogen-bond donors (Lipinski definition) is 1. The molecular formula is C21H22F3N3O4S. The van der Waals surface area contributed by atoms with Crippen LogP contribution in [-0.2, 0) is 32.2 Å². The summed E-state index contributed by atoms with van der Waals surface area (Å²) in [5.74, 6) is -0.928. The predicted octanol–water partition coefficient (Wildman–Crippen LogP) is 3.26. The minimum Gasteiger partial charge on any atom is -0.325 e. The van der Waals surface area contributed by atoms with Gasteiger partial charge >= 0.3 is 6.18 Å². The number of nitrogens with zero attached hydrogens (tertiary/aromatic N) is 2. The van der Waals surface area contributed by atoms with Crippen molar-refractivity contribution in [3.8, 4) is 0 Å². The Morgan fingerprint density at radius 1 is 1.19 bits per heavy atom. The molecule has 0 saturated carbocycles. The fourth-order valence-electron chi connectivity index (χ4n) is 3.69. The number of carbonyl (C=O) groups is 2. The SMILES string of the molecule is CC(=O)N1c2ccc(S(=O)(=O)N(C)CC(=O)Nc3cccc(C(F)(F)F)c3)cc2C[C@H]1C. The minimum absolute atomic E-state index is 0.0387. The lowest BCUT2D eigenvalue weighted by atomic mass is 10.1. The molecule has 0 unspecified atom stereocenters. The smallest absolute Gasteiger partial charge is 0.325 e. The minimum atomic E-state index is -4.57. The number of anilines is 2. The molecule has 7 nitrogen and oxygen atoms in total. The lowest BCUT2D eigenvalue weighted by molar-refractivity contribution is -0.137. The molecule has 0 bridgehead atoms. The van der Waals surface area contributed by atoms with Crippen molar-refractivity contribution in [3.63, 3.8) is 0 Å². The van der Waals surface area contributed by atoms with Gasteiger partial charge in [-0.05, 0) is 55.3 Å². The quantitative estimate of drug-likeness (QED) is 0.728. The first kappa shape index (κ1) is 23.7. The number of sulfonamides is 1. The number of benzene rings is 2. The number of hydrogen-bond acceptors (Lipinski definition) is 4. The standard InChI is InChI=1S/C21H22F3N3O4S/c1-13-9-15-10-18(7-8-19(15)27(13)14(2)28)32(30,31)26(3)12-20(29)25-17-6-4-5-16(11-17)21(22,23)24/h4-8,10-11,13H,9,12H2,1-3H3,(H,25,29)/t13-/m1/s1. The molecule has 2 amide bonds. The van der Waals surface area contributed by atoms with Gasteiger partial charge in [-0.25, -0.2) is 8.42 Å². The van der Waals surface area contributed by atoms with Crippen LogP contribution in [0.2, 0.25) is 0 Å². The van der Waals surface area contributed by atoms with E-state index in [9.17, 15) is 31.2 Å². The van der Waals surface area contributed by atoms with E-state index in [4.69, 9.17) is 0 Å². The van der Waals surface area contributed by atoms with Gasteiger partial charge in [0.15, 0.2) is 0 Å². The molecule has 2 aromatic rings.